The van der Waals surface area contributed by atoms with E-state index in [-0.39, 0.29) is 18.6 Å². The molecule has 1 fully saturated rings. The molecule has 0 spiro atoms. The standard InChI is InChI=1S/C11H20N2O4/c1-13(8-9-4-3-7-17-9)11(16)12-6-2-5-10(14)15/h9H,2-8H2,1H3,(H,12,16)(H,14,15). The average Bonchev–Trinajstić information content (AvgIpc) is 2.76. The number of carbonyl (C=O) groups excluding carboxylic acids is 1. The Balaban J connectivity index is 2.11. The molecular formula is C11H20N2O4. The molecule has 2 amide bonds. The van der Waals surface area contributed by atoms with Gasteiger partial charge in [0.2, 0.25) is 0 Å². The van der Waals surface area contributed by atoms with E-state index in [1.165, 1.54) is 0 Å². The normalized spacial score (nSPS) is 19.0. The number of hydrogen-bond donors (Lipinski definition) is 2. The minimum absolute atomic E-state index is 0.0791. The topological polar surface area (TPSA) is 78.9 Å². The predicted molar refractivity (Wildman–Crippen MR) is 61.9 cm³/mol. The molecule has 0 saturated carbocycles. The molecule has 1 saturated heterocycles. The summed E-state index contributed by atoms with van der Waals surface area (Å²) in [7, 11) is 1.72. The van der Waals surface area contributed by atoms with Crippen LogP contribution in [0.5, 0.6) is 0 Å². The Kier molecular flexibility index (Phi) is 5.76. The van der Waals surface area contributed by atoms with E-state index in [1.54, 1.807) is 11.9 Å². The van der Waals surface area contributed by atoms with E-state index < -0.39 is 5.97 Å². The van der Waals surface area contributed by atoms with E-state index in [0.717, 1.165) is 19.4 Å². The van der Waals surface area contributed by atoms with Crippen molar-refractivity contribution < 1.29 is 19.4 Å². The van der Waals surface area contributed by atoms with Crippen LogP contribution in [0.1, 0.15) is 25.7 Å². The number of aliphatic carboxylic acids is 1. The summed E-state index contributed by atoms with van der Waals surface area (Å²) >= 11 is 0. The van der Waals surface area contributed by atoms with Crippen LogP contribution < -0.4 is 5.32 Å². The molecule has 2 N–H and O–H groups in total. The zero-order valence-electron chi connectivity index (χ0n) is 10.1. The molecule has 0 bridgehead atoms. The fraction of sp³-hybridized carbons (Fsp3) is 0.818. The van der Waals surface area contributed by atoms with Crippen molar-refractivity contribution in [2.24, 2.45) is 0 Å². The van der Waals surface area contributed by atoms with Gasteiger partial charge in [0.1, 0.15) is 0 Å². The molecule has 0 aromatic heterocycles. The molecule has 6 heteroatoms. The third kappa shape index (κ3) is 5.53. The molecule has 98 valence electrons. The Morgan fingerprint density at radius 1 is 1.53 bits per heavy atom. The fourth-order valence-electron chi connectivity index (χ4n) is 1.75. The first-order valence-corrected chi connectivity index (χ1v) is 5.92. The van der Waals surface area contributed by atoms with Gasteiger partial charge in [-0.25, -0.2) is 4.79 Å². The van der Waals surface area contributed by atoms with Crippen molar-refractivity contribution in [2.45, 2.75) is 31.8 Å². The zero-order chi connectivity index (χ0) is 12.7. The second-order valence-corrected chi connectivity index (χ2v) is 4.24. The van der Waals surface area contributed by atoms with Gasteiger partial charge in [0.15, 0.2) is 0 Å². The molecule has 0 aromatic rings. The van der Waals surface area contributed by atoms with Crippen molar-refractivity contribution in [3.63, 3.8) is 0 Å². The van der Waals surface area contributed by atoms with Crippen LogP contribution in [0.25, 0.3) is 0 Å². The Morgan fingerprint density at radius 3 is 2.88 bits per heavy atom. The zero-order valence-corrected chi connectivity index (χ0v) is 10.1. The second kappa shape index (κ2) is 7.11. The summed E-state index contributed by atoms with van der Waals surface area (Å²) in [4.78, 5) is 23.4. The van der Waals surface area contributed by atoms with E-state index in [0.29, 0.717) is 19.5 Å². The molecule has 17 heavy (non-hydrogen) atoms. The van der Waals surface area contributed by atoms with Crippen LogP contribution in [0.2, 0.25) is 0 Å². The van der Waals surface area contributed by atoms with Gasteiger partial charge in [-0.15, -0.1) is 0 Å². The summed E-state index contributed by atoms with van der Waals surface area (Å²) in [5.74, 6) is -0.841. The minimum Gasteiger partial charge on any atom is -0.481 e. The first-order valence-electron chi connectivity index (χ1n) is 5.92. The molecule has 6 nitrogen and oxygen atoms in total. The van der Waals surface area contributed by atoms with Crippen molar-refractivity contribution in [1.82, 2.24) is 10.2 Å². The number of likely N-dealkylation sites (N-methyl/N-ethyl adjacent to an activating group) is 1. The molecule has 1 aliphatic rings. The van der Waals surface area contributed by atoms with Gasteiger partial charge in [0.05, 0.1) is 6.10 Å². The van der Waals surface area contributed by atoms with E-state index in [4.69, 9.17) is 9.84 Å². The number of ether oxygens (including phenoxy) is 1. The Bertz CT molecular complexity index is 264. The number of carboxylic acid groups (broad SMARTS) is 1. The number of carboxylic acids is 1. The quantitative estimate of drug-likeness (QED) is 0.673. The van der Waals surface area contributed by atoms with Crippen molar-refractivity contribution in [2.75, 3.05) is 26.7 Å². The highest BCUT2D eigenvalue weighted by atomic mass is 16.5. The molecule has 1 atom stereocenters. The van der Waals surface area contributed by atoms with Gasteiger partial charge in [0, 0.05) is 33.2 Å². The van der Waals surface area contributed by atoms with Crippen LogP contribution in [0.4, 0.5) is 4.79 Å². The van der Waals surface area contributed by atoms with Gasteiger partial charge in [-0.2, -0.15) is 0 Å². The fourth-order valence-corrected chi connectivity index (χ4v) is 1.75. The van der Waals surface area contributed by atoms with Crippen molar-refractivity contribution in [3.8, 4) is 0 Å². The summed E-state index contributed by atoms with van der Waals surface area (Å²) in [6.45, 7) is 1.75. The maximum atomic E-state index is 11.6. The lowest BCUT2D eigenvalue weighted by Crippen LogP contribution is -2.41. The molecular weight excluding hydrogens is 224 g/mol. The Morgan fingerprint density at radius 2 is 2.29 bits per heavy atom. The highest BCUT2D eigenvalue weighted by Crippen LogP contribution is 2.12. The van der Waals surface area contributed by atoms with Gasteiger partial charge in [-0.05, 0) is 19.3 Å². The summed E-state index contributed by atoms with van der Waals surface area (Å²) in [6, 6.07) is -0.175. The van der Waals surface area contributed by atoms with E-state index in [9.17, 15) is 9.59 Å². The van der Waals surface area contributed by atoms with E-state index in [1.807, 2.05) is 0 Å². The van der Waals surface area contributed by atoms with Gasteiger partial charge < -0.3 is 20.1 Å². The number of urea groups is 1. The lowest BCUT2D eigenvalue weighted by atomic mass is 10.2. The number of nitrogens with one attached hydrogen (secondary N) is 1. The summed E-state index contributed by atoms with van der Waals surface area (Å²) < 4.78 is 5.43. The molecule has 1 heterocycles. The minimum atomic E-state index is -0.841. The lowest BCUT2D eigenvalue weighted by molar-refractivity contribution is -0.137. The van der Waals surface area contributed by atoms with Crippen LogP contribution in [0, 0.1) is 0 Å². The number of rotatable bonds is 6. The monoisotopic (exact) mass is 244 g/mol. The molecule has 1 unspecified atom stereocenters. The van der Waals surface area contributed by atoms with Crippen molar-refractivity contribution in [3.05, 3.63) is 0 Å². The molecule has 0 aliphatic carbocycles. The lowest BCUT2D eigenvalue weighted by Gasteiger charge is -2.21. The van der Waals surface area contributed by atoms with Crippen LogP contribution in [0.15, 0.2) is 0 Å². The summed E-state index contributed by atoms with van der Waals surface area (Å²) in [6.07, 6.45) is 2.73. The largest absolute Gasteiger partial charge is 0.481 e. The van der Waals surface area contributed by atoms with Gasteiger partial charge in [-0.1, -0.05) is 0 Å². The predicted octanol–water partition coefficient (Wildman–Crippen LogP) is 0.672. The van der Waals surface area contributed by atoms with Crippen LogP contribution in [-0.2, 0) is 9.53 Å². The van der Waals surface area contributed by atoms with Crippen molar-refractivity contribution >= 4 is 12.0 Å². The number of carbonyl (C=O) groups is 2. The van der Waals surface area contributed by atoms with Crippen molar-refractivity contribution in [1.29, 1.82) is 0 Å². The third-order valence-corrected chi connectivity index (χ3v) is 2.69. The summed E-state index contributed by atoms with van der Waals surface area (Å²) in [5.41, 5.74) is 0. The van der Waals surface area contributed by atoms with E-state index >= 15 is 0 Å². The highest BCUT2D eigenvalue weighted by molar-refractivity contribution is 5.74. The Hall–Kier alpha value is -1.30. The average molecular weight is 244 g/mol. The molecule has 0 radical (unpaired) electrons. The second-order valence-electron chi connectivity index (χ2n) is 4.24. The van der Waals surface area contributed by atoms with E-state index in [2.05, 4.69) is 5.32 Å². The Labute approximate surface area is 101 Å². The number of amides is 2. The van der Waals surface area contributed by atoms with Gasteiger partial charge in [0.25, 0.3) is 0 Å². The first kappa shape index (κ1) is 13.8. The van der Waals surface area contributed by atoms with Gasteiger partial charge in [-0.3, -0.25) is 4.79 Å². The van der Waals surface area contributed by atoms with Crippen LogP contribution in [0.3, 0.4) is 0 Å². The van der Waals surface area contributed by atoms with Gasteiger partial charge >= 0.3 is 12.0 Å². The molecule has 1 aliphatic heterocycles. The third-order valence-electron chi connectivity index (χ3n) is 2.69. The first-order chi connectivity index (χ1) is 8.09. The maximum Gasteiger partial charge on any atom is 0.317 e. The summed E-state index contributed by atoms with van der Waals surface area (Å²) in [5, 5.41) is 11.1. The molecule has 0 aromatic carbocycles. The number of nitrogens with zero attached hydrogens (tertiary/aromatic N) is 1. The molecule has 1 rings (SSSR count). The van der Waals surface area contributed by atoms with Crippen LogP contribution in [-0.4, -0.2) is 54.9 Å². The van der Waals surface area contributed by atoms with Crippen LogP contribution >= 0.6 is 0 Å². The SMILES string of the molecule is CN(CC1CCCO1)C(=O)NCCCC(=O)O. The smallest absolute Gasteiger partial charge is 0.317 e. The maximum absolute atomic E-state index is 11.6. The number of hydrogen-bond acceptors (Lipinski definition) is 3. The highest BCUT2D eigenvalue weighted by Gasteiger charge is 2.19.